The molecule has 5 heteroatoms. The lowest BCUT2D eigenvalue weighted by molar-refractivity contribution is 0.0891. The Morgan fingerprint density at radius 3 is 2.42 bits per heavy atom. The van der Waals surface area contributed by atoms with Crippen molar-refractivity contribution in [2.75, 3.05) is 26.7 Å². The summed E-state index contributed by atoms with van der Waals surface area (Å²) >= 11 is 0. The SMILES string of the molecule is CCCCN(C)CC(CC)(CC)CNC(=O)c1noc(CC)c1C. The molecule has 0 spiro atoms. The zero-order chi connectivity index (χ0) is 18.2. The van der Waals surface area contributed by atoms with E-state index in [9.17, 15) is 4.79 Å². The minimum Gasteiger partial charge on any atom is -0.360 e. The summed E-state index contributed by atoms with van der Waals surface area (Å²) in [5.41, 5.74) is 1.38. The van der Waals surface area contributed by atoms with E-state index < -0.39 is 0 Å². The van der Waals surface area contributed by atoms with Crippen LogP contribution < -0.4 is 5.32 Å². The lowest BCUT2D eigenvalue weighted by Crippen LogP contribution is -2.44. The molecule has 1 N–H and O–H groups in total. The van der Waals surface area contributed by atoms with Gasteiger partial charge in [0.25, 0.3) is 5.91 Å². The minimum atomic E-state index is -0.126. The summed E-state index contributed by atoms with van der Waals surface area (Å²) in [6.07, 6.45) is 5.25. The largest absolute Gasteiger partial charge is 0.360 e. The summed E-state index contributed by atoms with van der Waals surface area (Å²) in [6, 6.07) is 0. The number of carbonyl (C=O) groups excluding carboxylic acids is 1. The highest BCUT2D eigenvalue weighted by Crippen LogP contribution is 2.27. The molecule has 0 aliphatic carbocycles. The van der Waals surface area contributed by atoms with Gasteiger partial charge in [-0.05, 0) is 45.2 Å². The van der Waals surface area contributed by atoms with Crippen LogP contribution in [0.1, 0.15) is 75.2 Å². The highest BCUT2D eigenvalue weighted by Gasteiger charge is 2.29. The van der Waals surface area contributed by atoms with Gasteiger partial charge in [-0.2, -0.15) is 0 Å². The second-order valence-electron chi connectivity index (χ2n) is 6.91. The van der Waals surface area contributed by atoms with Gasteiger partial charge in [-0.1, -0.05) is 39.3 Å². The average Bonchev–Trinajstić information content (AvgIpc) is 2.97. The standard InChI is InChI=1S/C19H35N3O2/c1-7-11-12-22(6)14-19(9-3,10-4)13-20-18(23)17-15(5)16(8-2)24-21-17/h7-14H2,1-6H3,(H,20,23). The van der Waals surface area contributed by atoms with Gasteiger partial charge >= 0.3 is 0 Å². The monoisotopic (exact) mass is 337 g/mol. The molecule has 0 atom stereocenters. The van der Waals surface area contributed by atoms with E-state index >= 15 is 0 Å². The summed E-state index contributed by atoms with van der Waals surface area (Å²) in [6.45, 7) is 13.3. The number of carbonyl (C=O) groups is 1. The molecule has 0 aliphatic heterocycles. The van der Waals surface area contributed by atoms with Crippen LogP contribution in [0, 0.1) is 12.3 Å². The van der Waals surface area contributed by atoms with Crippen molar-refractivity contribution in [2.24, 2.45) is 5.41 Å². The van der Waals surface area contributed by atoms with E-state index in [2.05, 4.69) is 43.2 Å². The molecular weight excluding hydrogens is 302 g/mol. The molecule has 0 fully saturated rings. The Morgan fingerprint density at radius 1 is 1.25 bits per heavy atom. The van der Waals surface area contributed by atoms with E-state index in [1.807, 2.05) is 13.8 Å². The second kappa shape index (κ2) is 9.82. The molecule has 0 saturated carbocycles. The molecule has 1 aromatic rings. The predicted molar refractivity (Wildman–Crippen MR) is 98.4 cm³/mol. The van der Waals surface area contributed by atoms with E-state index in [0.717, 1.165) is 43.7 Å². The maximum Gasteiger partial charge on any atom is 0.273 e. The first kappa shape index (κ1) is 20.7. The van der Waals surface area contributed by atoms with E-state index in [-0.39, 0.29) is 11.3 Å². The third kappa shape index (κ3) is 5.33. The van der Waals surface area contributed by atoms with E-state index in [0.29, 0.717) is 12.2 Å². The van der Waals surface area contributed by atoms with Gasteiger partial charge in [-0.3, -0.25) is 4.79 Å². The number of aromatic nitrogens is 1. The first-order valence-electron chi connectivity index (χ1n) is 9.34. The number of nitrogens with zero attached hydrogens (tertiary/aromatic N) is 2. The normalized spacial score (nSPS) is 12.0. The Labute approximate surface area is 147 Å². The van der Waals surface area contributed by atoms with Crippen LogP contribution in [-0.4, -0.2) is 42.6 Å². The fourth-order valence-corrected chi connectivity index (χ4v) is 3.12. The number of hydrogen-bond donors (Lipinski definition) is 1. The van der Waals surface area contributed by atoms with Gasteiger partial charge in [0, 0.05) is 25.1 Å². The van der Waals surface area contributed by atoms with Gasteiger partial charge in [0.15, 0.2) is 5.69 Å². The predicted octanol–water partition coefficient (Wildman–Crippen LogP) is 3.81. The molecule has 0 radical (unpaired) electrons. The average molecular weight is 338 g/mol. The van der Waals surface area contributed by atoms with Gasteiger partial charge < -0.3 is 14.7 Å². The number of amides is 1. The summed E-state index contributed by atoms with van der Waals surface area (Å²) in [5.74, 6) is 0.662. The van der Waals surface area contributed by atoms with Gasteiger partial charge in [-0.15, -0.1) is 0 Å². The van der Waals surface area contributed by atoms with Crippen molar-refractivity contribution < 1.29 is 9.32 Å². The summed E-state index contributed by atoms with van der Waals surface area (Å²) < 4.78 is 5.24. The number of aryl methyl sites for hydroxylation is 1. The summed E-state index contributed by atoms with van der Waals surface area (Å²) in [7, 11) is 2.17. The highest BCUT2D eigenvalue weighted by atomic mass is 16.5. The molecule has 0 aromatic carbocycles. The molecule has 0 aliphatic rings. The Hall–Kier alpha value is -1.36. The van der Waals surface area contributed by atoms with Crippen molar-refractivity contribution in [3.05, 3.63) is 17.0 Å². The van der Waals surface area contributed by atoms with Crippen molar-refractivity contribution in [3.8, 4) is 0 Å². The zero-order valence-corrected chi connectivity index (χ0v) is 16.4. The van der Waals surface area contributed by atoms with Crippen molar-refractivity contribution >= 4 is 5.91 Å². The maximum atomic E-state index is 12.5. The van der Waals surface area contributed by atoms with Gasteiger partial charge in [0.05, 0.1) is 0 Å². The van der Waals surface area contributed by atoms with Crippen molar-refractivity contribution in [1.82, 2.24) is 15.4 Å². The number of nitrogens with one attached hydrogen (secondary N) is 1. The molecular formula is C19H35N3O2. The molecule has 1 amide bonds. The molecule has 138 valence electrons. The molecule has 0 unspecified atom stereocenters. The summed E-state index contributed by atoms with van der Waals surface area (Å²) in [4.78, 5) is 14.9. The molecule has 1 rings (SSSR count). The van der Waals surface area contributed by atoms with Crippen LogP contribution in [0.3, 0.4) is 0 Å². The third-order valence-electron chi connectivity index (χ3n) is 5.18. The van der Waals surface area contributed by atoms with Gasteiger partial charge in [-0.25, -0.2) is 0 Å². The minimum absolute atomic E-state index is 0.101. The van der Waals surface area contributed by atoms with Crippen LogP contribution in [-0.2, 0) is 6.42 Å². The second-order valence-corrected chi connectivity index (χ2v) is 6.91. The number of unbranched alkanes of at least 4 members (excludes halogenated alkanes) is 1. The number of rotatable bonds is 11. The van der Waals surface area contributed by atoms with Crippen LogP contribution in [0.2, 0.25) is 0 Å². The van der Waals surface area contributed by atoms with Crippen LogP contribution in [0.4, 0.5) is 0 Å². The maximum absolute atomic E-state index is 12.5. The molecule has 5 nitrogen and oxygen atoms in total. The van der Waals surface area contributed by atoms with Crippen LogP contribution in [0.5, 0.6) is 0 Å². The van der Waals surface area contributed by atoms with Crippen LogP contribution in [0.25, 0.3) is 0 Å². The zero-order valence-electron chi connectivity index (χ0n) is 16.4. The Balaban J connectivity index is 2.70. The fourth-order valence-electron chi connectivity index (χ4n) is 3.12. The molecule has 0 saturated heterocycles. The number of hydrogen-bond acceptors (Lipinski definition) is 4. The Bertz CT molecular complexity index is 507. The smallest absolute Gasteiger partial charge is 0.273 e. The highest BCUT2D eigenvalue weighted by molar-refractivity contribution is 5.93. The lowest BCUT2D eigenvalue weighted by atomic mass is 9.81. The molecule has 0 bridgehead atoms. The van der Waals surface area contributed by atoms with Crippen molar-refractivity contribution in [3.63, 3.8) is 0 Å². The topological polar surface area (TPSA) is 58.4 Å². The van der Waals surface area contributed by atoms with Gasteiger partial charge in [0.1, 0.15) is 5.76 Å². The fraction of sp³-hybridized carbons (Fsp3) is 0.789. The Kier molecular flexibility index (Phi) is 8.46. The van der Waals surface area contributed by atoms with Crippen molar-refractivity contribution in [1.29, 1.82) is 0 Å². The quantitative estimate of drug-likeness (QED) is 0.667. The molecule has 24 heavy (non-hydrogen) atoms. The van der Waals surface area contributed by atoms with Crippen molar-refractivity contribution in [2.45, 2.75) is 66.7 Å². The van der Waals surface area contributed by atoms with Crippen LogP contribution in [0.15, 0.2) is 4.52 Å². The first-order valence-corrected chi connectivity index (χ1v) is 9.34. The van der Waals surface area contributed by atoms with E-state index in [1.54, 1.807) is 0 Å². The van der Waals surface area contributed by atoms with Crippen LogP contribution >= 0.6 is 0 Å². The van der Waals surface area contributed by atoms with E-state index in [4.69, 9.17) is 4.52 Å². The first-order chi connectivity index (χ1) is 11.4. The van der Waals surface area contributed by atoms with E-state index in [1.165, 1.54) is 12.8 Å². The molecule has 1 heterocycles. The Morgan fingerprint density at radius 2 is 1.92 bits per heavy atom. The third-order valence-corrected chi connectivity index (χ3v) is 5.18. The van der Waals surface area contributed by atoms with Gasteiger partial charge in [0.2, 0.25) is 0 Å². The molecule has 1 aromatic heterocycles. The lowest BCUT2D eigenvalue weighted by Gasteiger charge is -2.36. The summed E-state index contributed by atoms with van der Waals surface area (Å²) in [5, 5.41) is 7.04.